The highest BCUT2D eigenvalue weighted by atomic mass is 79.9. The van der Waals surface area contributed by atoms with Gasteiger partial charge in [0.2, 0.25) is 5.75 Å². The topological polar surface area (TPSA) is 152 Å². The van der Waals surface area contributed by atoms with Crippen molar-refractivity contribution in [1.82, 2.24) is 9.66 Å². The van der Waals surface area contributed by atoms with Crippen LogP contribution in [-0.4, -0.2) is 32.8 Å². The lowest BCUT2D eigenvalue weighted by Gasteiger charge is -2.13. The second-order valence-corrected chi connectivity index (χ2v) is 9.60. The summed E-state index contributed by atoms with van der Waals surface area (Å²) in [5, 5.41) is 27.5. The lowest BCUT2D eigenvalue weighted by atomic mass is 10.1. The molecule has 1 aromatic heterocycles. The van der Waals surface area contributed by atoms with Gasteiger partial charge in [0, 0.05) is 34.2 Å². The summed E-state index contributed by atoms with van der Waals surface area (Å²) in [7, 11) is 1.34. The molecule has 200 valence electrons. The lowest BCUT2D eigenvalue weighted by molar-refractivity contribution is -0.386. The average Bonchev–Trinajstić information content (AvgIpc) is 2.91. The minimum Gasteiger partial charge on any atom is -0.493 e. The van der Waals surface area contributed by atoms with E-state index in [0.717, 1.165) is 0 Å². The monoisotopic (exact) mass is 595 g/mol. The van der Waals surface area contributed by atoms with Crippen LogP contribution in [0.15, 0.2) is 69.0 Å². The van der Waals surface area contributed by atoms with E-state index in [1.807, 2.05) is 13.8 Å². The van der Waals surface area contributed by atoms with Gasteiger partial charge in [-0.25, -0.2) is 4.98 Å². The van der Waals surface area contributed by atoms with Crippen LogP contribution in [0.4, 0.5) is 11.4 Å². The van der Waals surface area contributed by atoms with Crippen LogP contribution in [-0.2, 0) is 6.61 Å². The smallest absolute Gasteiger partial charge is 0.315 e. The highest BCUT2D eigenvalue weighted by molar-refractivity contribution is 9.10. The molecule has 39 heavy (non-hydrogen) atoms. The van der Waals surface area contributed by atoms with Crippen LogP contribution >= 0.6 is 15.9 Å². The molecule has 4 aromatic rings. The molecule has 1 heterocycles. The maximum absolute atomic E-state index is 13.3. The number of aromatic nitrogens is 2. The molecule has 0 radical (unpaired) electrons. The highest BCUT2D eigenvalue weighted by Crippen LogP contribution is 2.38. The molecule has 0 aliphatic rings. The van der Waals surface area contributed by atoms with E-state index in [4.69, 9.17) is 9.47 Å². The summed E-state index contributed by atoms with van der Waals surface area (Å²) >= 11 is 3.36. The molecule has 0 aliphatic heterocycles. The van der Waals surface area contributed by atoms with Crippen LogP contribution in [0.5, 0.6) is 11.5 Å². The summed E-state index contributed by atoms with van der Waals surface area (Å²) in [4.78, 5) is 39.5. The molecule has 3 aromatic carbocycles. The number of benzene rings is 3. The number of hydrogen-bond donors (Lipinski definition) is 0. The molecule has 0 unspecified atom stereocenters. The van der Waals surface area contributed by atoms with Crippen molar-refractivity contribution in [1.29, 1.82) is 0 Å². The van der Waals surface area contributed by atoms with E-state index < -0.39 is 9.85 Å². The fourth-order valence-corrected chi connectivity index (χ4v) is 4.12. The van der Waals surface area contributed by atoms with Crippen molar-refractivity contribution < 1.29 is 19.3 Å². The van der Waals surface area contributed by atoms with Crippen molar-refractivity contribution in [2.75, 3.05) is 7.11 Å². The van der Waals surface area contributed by atoms with E-state index in [1.54, 1.807) is 18.2 Å². The summed E-state index contributed by atoms with van der Waals surface area (Å²) < 4.78 is 13.0. The molecule has 0 aliphatic carbocycles. The van der Waals surface area contributed by atoms with E-state index in [9.17, 15) is 25.0 Å². The number of rotatable bonds is 9. The van der Waals surface area contributed by atoms with Gasteiger partial charge in [0.25, 0.3) is 11.2 Å². The van der Waals surface area contributed by atoms with E-state index in [0.29, 0.717) is 26.8 Å². The number of nitro benzene ring substituents is 2. The molecule has 0 atom stereocenters. The normalized spacial score (nSPS) is 11.3. The Labute approximate surface area is 229 Å². The average molecular weight is 596 g/mol. The molecule has 12 nitrogen and oxygen atoms in total. The van der Waals surface area contributed by atoms with Crippen molar-refractivity contribution in [3.05, 3.63) is 107 Å². The molecule has 0 fully saturated rings. The number of halogens is 1. The summed E-state index contributed by atoms with van der Waals surface area (Å²) in [6.07, 6.45) is 1.31. The van der Waals surface area contributed by atoms with Crippen molar-refractivity contribution in [2.45, 2.75) is 26.4 Å². The Hall–Kier alpha value is -4.65. The third kappa shape index (κ3) is 5.93. The molecule has 0 spiro atoms. The van der Waals surface area contributed by atoms with E-state index >= 15 is 0 Å². The lowest BCUT2D eigenvalue weighted by Crippen LogP contribution is -2.23. The third-order valence-electron chi connectivity index (χ3n) is 5.68. The number of fused-ring (bicyclic) bond motifs is 1. The summed E-state index contributed by atoms with van der Waals surface area (Å²) in [6.45, 7) is 3.67. The van der Waals surface area contributed by atoms with Gasteiger partial charge < -0.3 is 9.47 Å². The zero-order chi connectivity index (χ0) is 28.3. The Kier molecular flexibility index (Phi) is 8.00. The Morgan fingerprint density at radius 3 is 2.41 bits per heavy atom. The van der Waals surface area contributed by atoms with E-state index in [-0.39, 0.29) is 46.5 Å². The largest absolute Gasteiger partial charge is 0.493 e. The molecule has 0 saturated carbocycles. The first-order chi connectivity index (χ1) is 18.6. The third-order valence-corrected chi connectivity index (χ3v) is 6.17. The number of hydrogen-bond acceptors (Lipinski definition) is 9. The molecule has 0 bridgehead atoms. The van der Waals surface area contributed by atoms with E-state index in [1.165, 1.54) is 54.4 Å². The van der Waals surface area contributed by atoms with Crippen molar-refractivity contribution in [3.8, 4) is 11.5 Å². The Morgan fingerprint density at radius 1 is 1.08 bits per heavy atom. The first kappa shape index (κ1) is 27.4. The molecule has 13 heteroatoms. The predicted octanol–water partition coefficient (Wildman–Crippen LogP) is 5.57. The minimum atomic E-state index is -0.619. The SMILES string of the molecule is COc1cc(C=Nn2c(C(C)C)nc3ccc(Br)cc3c2=O)cc([N+](=O)[O-])c1OCc1ccc([N+](=O)[O-])cc1. The quantitative estimate of drug-likeness (QED) is 0.138. The number of ether oxygens (including phenoxy) is 2. The number of nitro groups is 2. The van der Waals surface area contributed by atoms with Gasteiger partial charge in [0.1, 0.15) is 12.4 Å². The molecular weight excluding hydrogens is 574 g/mol. The van der Waals surface area contributed by atoms with Crippen LogP contribution in [0.1, 0.15) is 36.7 Å². The van der Waals surface area contributed by atoms with Gasteiger partial charge in [-0.15, -0.1) is 0 Å². The maximum Gasteiger partial charge on any atom is 0.315 e. The van der Waals surface area contributed by atoms with Crippen LogP contribution in [0.2, 0.25) is 0 Å². The fourth-order valence-electron chi connectivity index (χ4n) is 3.76. The first-order valence-corrected chi connectivity index (χ1v) is 12.4. The minimum absolute atomic E-state index is 0.0737. The zero-order valence-corrected chi connectivity index (χ0v) is 22.6. The molecular formula is C26H22BrN5O7. The van der Waals surface area contributed by atoms with Gasteiger partial charge in [-0.2, -0.15) is 9.78 Å². The standard InChI is InChI=1S/C26H22BrN5O7/c1-15(2)25-29-21-9-6-18(27)12-20(21)26(33)30(25)28-13-17-10-22(32(36)37)24(23(11-17)38-3)39-14-16-4-7-19(8-5-16)31(34)35/h4-13,15H,14H2,1-3H3. The second kappa shape index (κ2) is 11.4. The van der Waals surface area contributed by atoms with Gasteiger partial charge in [0.05, 0.1) is 34.1 Å². The Balaban J connectivity index is 1.71. The molecule has 0 saturated heterocycles. The molecule has 4 rings (SSSR count). The van der Waals surface area contributed by atoms with Gasteiger partial charge >= 0.3 is 5.69 Å². The summed E-state index contributed by atoms with van der Waals surface area (Å²) in [5.74, 6) is 0.248. The predicted molar refractivity (Wildman–Crippen MR) is 148 cm³/mol. The Bertz CT molecular complexity index is 1670. The van der Waals surface area contributed by atoms with Crippen molar-refractivity contribution >= 4 is 44.4 Å². The summed E-state index contributed by atoms with van der Waals surface area (Å²) in [5.41, 5.74) is 0.543. The van der Waals surface area contributed by atoms with Gasteiger partial charge in [-0.1, -0.05) is 29.8 Å². The van der Waals surface area contributed by atoms with E-state index in [2.05, 4.69) is 26.0 Å². The van der Waals surface area contributed by atoms with Gasteiger partial charge in [-0.05, 0) is 42.0 Å². The van der Waals surface area contributed by atoms with Crippen LogP contribution < -0.4 is 15.0 Å². The van der Waals surface area contributed by atoms with Crippen molar-refractivity contribution in [2.24, 2.45) is 5.10 Å². The van der Waals surface area contributed by atoms with Crippen LogP contribution in [0.3, 0.4) is 0 Å². The van der Waals surface area contributed by atoms with Gasteiger partial charge in [0.15, 0.2) is 5.75 Å². The zero-order valence-electron chi connectivity index (χ0n) is 21.0. The summed E-state index contributed by atoms with van der Waals surface area (Å²) in [6, 6.07) is 13.6. The Morgan fingerprint density at radius 2 is 1.79 bits per heavy atom. The number of nitrogens with zero attached hydrogens (tertiary/aromatic N) is 5. The van der Waals surface area contributed by atoms with Crippen LogP contribution in [0.25, 0.3) is 10.9 Å². The van der Waals surface area contributed by atoms with Crippen LogP contribution in [0, 0.1) is 20.2 Å². The number of methoxy groups -OCH3 is 1. The fraction of sp³-hybridized carbons (Fsp3) is 0.192. The second-order valence-electron chi connectivity index (χ2n) is 8.69. The van der Waals surface area contributed by atoms with Crippen molar-refractivity contribution in [3.63, 3.8) is 0 Å². The molecule has 0 amide bonds. The number of non-ortho nitro benzene ring substituents is 1. The molecule has 0 N–H and O–H groups in total. The van der Waals surface area contributed by atoms with Gasteiger partial charge in [-0.3, -0.25) is 25.0 Å². The highest BCUT2D eigenvalue weighted by Gasteiger charge is 2.23. The maximum atomic E-state index is 13.3. The first-order valence-electron chi connectivity index (χ1n) is 11.6.